The van der Waals surface area contributed by atoms with Crippen LogP contribution >= 0.6 is 15.9 Å². The Hall–Kier alpha value is -6.86. The number of hydrogen-bond acceptors (Lipinski definition) is 12. The van der Waals surface area contributed by atoms with Gasteiger partial charge < -0.3 is 20.0 Å². The van der Waals surface area contributed by atoms with E-state index in [0.29, 0.717) is 44.9 Å². The quantitative estimate of drug-likeness (QED) is 0.0234. The molecule has 2 aromatic carbocycles. The second-order valence-electron chi connectivity index (χ2n) is 14.3. The van der Waals surface area contributed by atoms with Gasteiger partial charge in [0.1, 0.15) is 22.9 Å². The summed E-state index contributed by atoms with van der Waals surface area (Å²) in [6, 6.07) is 10.4. The Bertz CT molecular complexity index is 3280. The van der Waals surface area contributed by atoms with Gasteiger partial charge in [0.15, 0.2) is 11.6 Å². The molecule has 0 aliphatic carbocycles. The van der Waals surface area contributed by atoms with Gasteiger partial charge in [-0.05, 0) is 76.7 Å². The lowest BCUT2D eigenvalue weighted by Gasteiger charge is -2.11. The summed E-state index contributed by atoms with van der Waals surface area (Å²) in [5, 5.41) is 17.5. The van der Waals surface area contributed by atoms with E-state index in [-0.39, 0.29) is 28.1 Å². The number of aliphatic imine (C=N–C) groups is 1. The number of aromatic nitrogens is 5. The fourth-order valence-corrected chi connectivity index (χ4v) is 8.78. The summed E-state index contributed by atoms with van der Waals surface area (Å²) < 4.78 is 111. The van der Waals surface area contributed by atoms with Crippen molar-refractivity contribution >= 4 is 94.3 Å². The molecule has 0 saturated carbocycles. The number of benzene rings is 2. The van der Waals surface area contributed by atoms with E-state index in [2.05, 4.69) is 68.4 Å². The number of ketones is 2. The Labute approximate surface area is 395 Å². The van der Waals surface area contributed by atoms with Gasteiger partial charge in [-0.15, -0.1) is 0 Å². The van der Waals surface area contributed by atoms with E-state index in [1.807, 2.05) is 6.07 Å². The summed E-state index contributed by atoms with van der Waals surface area (Å²) in [7, 11) is -9.16. The van der Waals surface area contributed by atoms with E-state index in [1.54, 1.807) is 50.6 Å². The fraction of sp³-hybridized carbons (Fsp3) is 0.136. The molecule has 0 fully saturated rings. The average Bonchev–Trinajstić information content (AvgIpc) is 3.92. The van der Waals surface area contributed by atoms with Crippen LogP contribution in [0.4, 0.5) is 28.9 Å². The summed E-state index contributed by atoms with van der Waals surface area (Å²) in [6.45, 7) is 9.89. The lowest BCUT2D eigenvalue weighted by atomic mass is 9.82. The molecule has 0 atom stereocenters. The van der Waals surface area contributed by atoms with Gasteiger partial charge >= 0.3 is 7.12 Å². The molecule has 7 rings (SSSR count). The Kier molecular flexibility index (Phi) is 17.4. The third kappa shape index (κ3) is 12.8. The number of nitrogens with zero attached hydrogens (tertiary/aromatic N) is 4. The molecular formula is C44H40BBrF4N8O8S2. The average molecular weight is 1040 g/mol. The highest BCUT2D eigenvalue weighted by atomic mass is 79.9. The number of anilines is 2. The maximum Gasteiger partial charge on any atom is 0.489 e. The summed E-state index contributed by atoms with van der Waals surface area (Å²) in [4.78, 5) is 47.4. The first-order valence-corrected chi connectivity index (χ1v) is 24.1. The number of aromatic amines is 2. The van der Waals surface area contributed by atoms with Crippen LogP contribution in [-0.2, 0) is 20.0 Å². The zero-order chi connectivity index (χ0) is 49.9. The molecule has 0 aliphatic heterocycles. The zero-order valence-electron chi connectivity index (χ0n) is 35.9. The number of H-pyrrole nitrogens is 2. The number of carbonyl (C=O) groups excluding carboxylic acids is 2. The van der Waals surface area contributed by atoms with Crippen LogP contribution in [0.2, 0.25) is 0 Å². The van der Waals surface area contributed by atoms with E-state index < -0.39 is 84.5 Å². The van der Waals surface area contributed by atoms with Gasteiger partial charge in [0.05, 0.1) is 34.0 Å². The lowest BCUT2D eigenvalue weighted by Crippen LogP contribution is -2.18. The maximum atomic E-state index is 15.1. The van der Waals surface area contributed by atoms with Crippen molar-refractivity contribution < 1.29 is 54.0 Å². The van der Waals surface area contributed by atoms with Crippen molar-refractivity contribution in [2.45, 2.75) is 26.7 Å². The first-order chi connectivity index (χ1) is 32.2. The van der Waals surface area contributed by atoms with Gasteiger partial charge in [0.25, 0.3) is 0 Å². The SMILES string of the molecule is C=CN=CC(=C)B(O)O.CCCS(=O)(=O)Nc1ccc(F)c(C(=O)c2c[nH]c3ncc(-c4cccnc4)cc23)c1F.CCCS(=O)(=O)Nc1ccc(F)c(C(=O)c2c[nH]c3ncc(Br)cc23)c1F. The minimum absolute atomic E-state index is 0.00426. The molecule has 7 aromatic rings. The van der Waals surface area contributed by atoms with Crippen molar-refractivity contribution in [3.8, 4) is 11.1 Å². The number of halogens is 5. The second-order valence-corrected chi connectivity index (χ2v) is 18.9. The second kappa shape index (κ2) is 22.8. The summed E-state index contributed by atoms with van der Waals surface area (Å²) >= 11 is 3.23. The van der Waals surface area contributed by atoms with Crippen LogP contribution in [0.5, 0.6) is 0 Å². The van der Waals surface area contributed by atoms with Gasteiger partial charge in [0, 0.05) is 87.1 Å². The number of fused-ring (bicyclic) bond motifs is 2. The normalized spacial score (nSPS) is 11.4. The molecule has 0 saturated heterocycles. The predicted molar refractivity (Wildman–Crippen MR) is 256 cm³/mol. The van der Waals surface area contributed by atoms with Crippen LogP contribution in [0, 0.1) is 23.3 Å². The molecule has 0 amide bonds. The van der Waals surface area contributed by atoms with Crippen LogP contribution < -0.4 is 9.44 Å². The first-order valence-electron chi connectivity index (χ1n) is 20.0. The van der Waals surface area contributed by atoms with Gasteiger partial charge in [-0.3, -0.25) is 29.0 Å². The lowest BCUT2D eigenvalue weighted by molar-refractivity contribution is 0.102. The van der Waals surface area contributed by atoms with Crippen LogP contribution in [0.1, 0.15) is 58.5 Å². The Morgan fingerprint density at radius 2 is 1.28 bits per heavy atom. The molecule has 0 spiro atoms. The molecule has 0 unspecified atom stereocenters. The molecule has 68 heavy (non-hydrogen) atoms. The van der Waals surface area contributed by atoms with E-state index in [1.165, 1.54) is 31.0 Å². The standard InChI is InChI=1S/C22H18F2N4O3S.C17H14BrF2N3O3S.C5H8BNO2/c1-2-8-32(30,31)28-18-6-5-17(23)19(20(18)24)21(29)16-12-27-22-15(16)9-14(11-26-22)13-4-3-7-25-10-13;1-2-5-27(25,26)23-13-4-3-12(19)14(15(13)20)16(24)11-8-22-17-10(11)6-9(18)7-21-17;1-3-7-4-5(2)6(8)9/h3-7,9-12,28H,2,8H2,1H3,(H,26,27);3-4,6-8,23H,2,5H2,1H3,(H,21,22);3-4,8-9H,1-2H2. The molecule has 6 N–H and O–H groups in total. The van der Waals surface area contributed by atoms with E-state index in [4.69, 9.17) is 10.0 Å². The van der Waals surface area contributed by atoms with E-state index >= 15 is 4.39 Å². The summed E-state index contributed by atoms with van der Waals surface area (Å²) in [6.07, 6.45) is 12.1. The topological polar surface area (TPSA) is 250 Å². The monoisotopic (exact) mass is 1040 g/mol. The van der Waals surface area contributed by atoms with Crippen LogP contribution in [0.15, 0.2) is 120 Å². The van der Waals surface area contributed by atoms with Crippen molar-refractivity contribution in [2.75, 3.05) is 20.9 Å². The van der Waals surface area contributed by atoms with Gasteiger partial charge in [-0.2, -0.15) is 0 Å². The minimum atomic E-state index is -3.83. The number of hydrogen-bond donors (Lipinski definition) is 6. The molecule has 5 heterocycles. The number of pyridine rings is 3. The molecule has 0 aliphatic rings. The smallest absolute Gasteiger partial charge is 0.423 e. The number of rotatable bonds is 16. The van der Waals surface area contributed by atoms with Crippen molar-refractivity contribution in [1.82, 2.24) is 24.9 Å². The molecule has 0 bridgehead atoms. The zero-order valence-corrected chi connectivity index (χ0v) is 39.1. The molecule has 0 radical (unpaired) electrons. The Morgan fingerprint density at radius 1 is 0.779 bits per heavy atom. The first kappa shape index (κ1) is 52.1. The maximum absolute atomic E-state index is 15.1. The number of sulfonamides is 2. The summed E-state index contributed by atoms with van der Waals surface area (Å²) in [5.74, 6) is -7.06. The number of allylic oxidation sites excluding steroid dienone is 1. The van der Waals surface area contributed by atoms with Crippen LogP contribution in [0.3, 0.4) is 0 Å². The molecule has 5 aromatic heterocycles. The van der Waals surface area contributed by atoms with Crippen molar-refractivity contribution in [3.05, 3.63) is 161 Å². The minimum Gasteiger partial charge on any atom is -0.423 e. The molecular weight excluding hydrogens is 999 g/mol. The largest absolute Gasteiger partial charge is 0.489 e. The molecule has 354 valence electrons. The Morgan fingerprint density at radius 3 is 1.74 bits per heavy atom. The van der Waals surface area contributed by atoms with Crippen LogP contribution in [-0.4, -0.2) is 88.2 Å². The van der Waals surface area contributed by atoms with Gasteiger partial charge in [-0.25, -0.2) is 44.4 Å². The van der Waals surface area contributed by atoms with Crippen LogP contribution in [0.25, 0.3) is 33.2 Å². The molecule has 24 heteroatoms. The third-order valence-electron chi connectivity index (χ3n) is 9.30. The fourth-order valence-electron chi connectivity index (χ4n) is 6.19. The van der Waals surface area contributed by atoms with E-state index in [9.17, 15) is 39.6 Å². The number of carbonyl (C=O) groups is 2. The van der Waals surface area contributed by atoms with Crippen molar-refractivity contribution in [3.63, 3.8) is 0 Å². The van der Waals surface area contributed by atoms with Crippen molar-refractivity contribution in [2.24, 2.45) is 4.99 Å². The highest BCUT2D eigenvalue weighted by Crippen LogP contribution is 2.31. The summed E-state index contributed by atoms with van der Waals surface area (Å²) in [5.41, 5.74) is -0.326. The molecule has 16 nitrogen and oxygen atoms in total. The van der Waals surface area contributed by atoms with Crippen molar-refractivity contribution in [1.29, 1.82) is 0 Å². The number of nitrogens with one attached hydrogen (secondary N) is 4. The van der Waals surface area contributed by atoms with E-state index in [0.717, 1.165) is 29.8 Å². The van der Waals surface area contributed by atoms with Gasteiger partial charge in [-0.1, -0.05) is 33.1 Å². The highest BCUT2D eigenvalue weighted by Gasteiger charge is 2.28. The Balaban J connectivity index is 0.000000218. The third-order valence-corrected chi connectivity index (χ3v) is 12.7. The predicted octanol–water partition coefficient (Wildman–Crippen LogP) is 8.04. The van der Waals surface area contributed by atoms with Gasteiger partial charge in [0.2, 0.25) is 31.6 Å². The highest BCUT2D eigenvalue weighted by molar-refractivity contribution is 9.10.